The minimum Gasteiger partial charge on any atom is -0.480 e. The standard InChI is InChI=1S/C5H12N2O3S.C5H11NO3S/c1-11(7,10)3-2-4(6)5(8)9;1-10(9)3-2-4(6)5(7)8/h4,7H,2-3,6H2,1H3,(H,8,9);4H,2-3,6H2,1H3,(H,7,8)/t4-,11?;4-,10?/m00/s1. The molecule has 0 heterocycles. The predicted molar refractivity (Wildman–Crippen MR) is 81.0 cm³/mol. The molecule has 2 unspecified atom stereocenters. The van der Waals surface area contributed by atoms with E-state index in [2.05, 4.69) is 0 Å². The second kappa shape index (κ2) is 10.7. The Morgan fingerprint density at radius 3 is 1.86 bits per heavy atom. The molecule has 0 aliphatic heterocycles. The molecule has 0 aromatic rings. The highest BCUT2D eigenvalue weighted by Gasteiger charge is 2.12. The molecule has 0 aromatic heterocycles. The summed E-state index contributed by atoms with van der Waals surface area (Å²) in [5.41, 5.74) is 10.2. The number of carboxylic acids is 2. The Bertz CT molecular complexity index is 465. The van der Waals surface area contributed by atoms with Gasteiger partial charge in [-0.25, -0.2) is 0 Å². The molecule has 9 nitrogen and oxygen atoms in total. The lowest BCUT2D eigenvalue weighted by Crippen LogP contribution is -2.31. The number of rotatable bonds is 8. The van der Waals surface area contributed by atoms with E-state index in [0.29, 0.717) is 5.75 Å². The normalized spacial score (nSPS) is 17.5. The second-order valence-corrected chi connectivity index (χ2v) is 8.43. The van der Waals surface area contributed by atoms with Crippen molar-refractivity contribution in [3.05, 3.63) is 0 Å². The molecule has 0 rings (SSSR count). The number of hydrogen-bond donors (Lipinski definition) is 5. The third-order valence-electron chi connectivity index (χ3n) is 2.17. The molecule has 4 atom stereocenters. The number of aliphatic carboxylic acids is 2. The highest BCUT2D eigenvalue weighted by molar-refractivity contribution is 7.91. The number of nitrogens with two attached hydrogens (primary N) is 2. The molecule has 0 fully saturated rings. The van der Waals surface area contributed by atoms with Gasteiger partial charge in [0.25, 0.3) is 0 Å². The maximum atomic E-state index is 10.7. The van der Waals surface area contributed by atoms with Gasteiger partial charge in [0.05, 0.1) is 0 Å². The van der Waals surface area contributed by atoms with Crippen LogP contribution in [-0.2, 0) is 30.1 Å². The van der Waals surface area contributed by atoms with Gasteiger partial charge in [0.15, 0.2) is 0 Å². The highest BCUT2D eigenvalue weighted by atomic mass is 32.2. The monoisotopic (exact) mass is 345 g/mol. The minimum absolute atomic E-state index is 0.0421. The van der Waals surface area contributed by atoms with E-state index in [4.69, 9.17) is 26.5 Å². The summed E-state index contributed by atoms with van der Waals surface area (Å²) in [5, 5.41) is 16.6. The first kappa shape index (κ1) is 22.2. The van der Waals surface area contributed by atoms with Gasteiger partial charge in [-0.3, -0.25) is 22.8 Å². The Labute approximate surface area is 126 Å². The molecule has 0 spiro atoms. The maximum Gasteiger partial charge on any atom is 0.320 e. The molecule has 0 saturated carbocycles. The molecule has 0 aromatic carbocycles. The number of hydrogen-bond acceptors (Lipinski definition) is 7. The SMILES string of the molecule is CS(=N)(=O)CC[C@H](N)C(=O)O.CS(=O)CC[C@H](N)C(=O)O. The quantitative estimate of drug-likeness (QED) is 0.356. The summed E-state index contributed by atoms with van der Waals surface area (Å²) in [7, 11) is -3.54. The van der Waals surface area contributed by atoms with Crippen molar-refractivity contribution in [1.82, 2.24) is 0 Å². The first-order valence-corrected chi connectivity index (χ1v) is 9.71. The lowest BCUT2D eigenvalue weighted by molar-refractivity contribution is -0.139. The summed E-state index contributed by atoms with van der Waals surface area (Å²) >= 11 is 0. The number of carboxylic acid groups (broad SMARTS) is 2. The van der Waals surface area contributed by atoms with Crippen molar-refractivity contribution in [3.63, 3.8) is 0 Å². The Kier molecular flexibility index (Phi) is 11.3. The molecule has 0 saturated heterocycles. The Hall–Kier alpha value is -1.04. The largest absolute Gasteiger partial charge is 0.480 e. The van der Waals surface area contributed by atoms with Crippen LogP contribution in [0.15, 0.2) is 0 Å². The van der Waals surface area contributed by atoms with Gasteiger partial charge in [0.2, 0.25) is 0 Å². The van der Waals surface area contributed by atoms with Crippen LogP contribution in [0.3, 0.4) is 0 Å². The Morgan fingerprint density at radius 1 is 1.19 bits per heavy atom. The third kappa shape index (κ3) is 16.9. The predicted octanol–water partition coefficient (Wildman–Crippen LogP) is -1.37. The lowest BCUT2D eigenvalue weighted by Gasteiger charge is -2.04. The summed E-state index contributed by atoms with van der Waals surface area (Å²) in [6.45, 7) is 0. The third-order valence-corrected chi connectivity index (χ3v) is 3.99. The van der Waals surface area contributed by atoms with E-state index in [0.717, 1.165) is 0 Å². The van der Waals surface area contributed by atoms with Gasteiger partial charge in [-0.1, -0.05) is 0 Å². The van der Waals surface area contributed by atoms with Crippen LogP contribution < -0.4 is 11.5 Å². The lowest BCUT2D eigenvalue weighted by atomic mass is 10.2. The Balaban J connectivity index is 0. The Morgan fingerprint density at radius 2 is 1.57 bits per heavy atom. The van der Waals surface area contributed by atoms with Crippen molar-refractivity contribution in [2.45, 2.75) is 24.9 Å². The van der Waals surface area contributed by atoms with Crippen molar-refractivity contribution in [1.29, 1.82) is 4.78 Å². The fraction of sp³-hybridized carbons (Fsp3) is 0.800. The van der Waals surface area contributed by atoms with Crippen molar-refractivity contribution in [2.75, 3.05) is 24.0 Å². The molecule has 7 N–H and O–H groups in total. The van der Waals surface area contributed by atoms with Gasteiger partial charge in [-0.2, -0.15) is 0 Å². The fourth-order valence-electron chi connectivity index (χ4n) is 0.892. The van der Waals surface area contributed by atoms with Gasteiger partial charge in [-0.05, 0) is 12.8 Å². The van der Waals surface area contributed by atoms with E-state index in [9.17, 15) is 18.0 Å². The van der Waals surface area contributed by atoms with Crippen LogP contribution >= 0.6 is 0 Å². The minimum atomic E-state index is -2.60. The van der Waals surface area contributed by atoms with Crippen LogP contribution in [-0.4, -0.2) is 66.7 Å². The molecule has 0 aliphatic rings. The van der Waals surface area contributed by atoms with Crippen LogP contribution in [0.5, 0.6) is 0 Å². The number of carbonyl (C=O) groups is 2. The molecular formula is C10H23N3O6S2. The van der Waals surface area contributed by atoms with Crippen LogP contribution in [0.25, 0.3) is 0 Å². The van der Waals surface area contributed by atoms with Crippen LogP contribution in [0, 0.1) is 4.78 Å². The van der Waals surface area contributed by atoms with Gasteiger partial charge in [0.1, 0.15) is 12.1 Å². The summed E-state index contributed by atoms with van der Waals surface area (Å²) in [4.78, 5) is 20.2. The zero-order valence-electron chi connectivity index (χ0n) is 12.0. The van der Waals surface area contributed by atoms with Crippen molar-refractivity contribution < 1.29 is 28.2 Å². The number of nitrogens with one attached hydrogen (secondary N) is 1. The van der Waals surface area contributed by atoms with Crippen molar-refractivity contribution in [2.24, 2.45) is 11.5 Å². The topological polar surface area (TPSA) is 185 Å². The maximum absolute atomic E-state index is 10.7. The van der Waals surface area contributed by atoms with Gasteiger partial charge >= 0.3 is 11.9 Å². The first-order chi connectivity index (χ1) is 9.36. The van der Waals surface area contributed by atoms with Crippen LogP contribution in [0.1, 0.15) is 12.8 Å². The van der Waals surface area contributed by atoms with E-state index in [-0.39, 0.29) is 18.6 Å². The van der Waals surface area contributed by atoms with Crippen molar-refractivity contribution >= 4 is 32.5 Å². The van der Waals surface area contributed by atoms with Crippen LogP contribution in [0.2, 0.25) is 0 Å². The zero-order chi connectivity index (χ0) is 17.2. The molecule has 0 aliphatic carbocycles. The van der Waals surface area contributed by atoms with E-state index in [1.807, 2.05) is 0 Å². The highest BCUT2D eigenvalue weighted by Crippen LogP contribution is 1.94. The smallest absolute Gasteiger partial charge is 0.320 e. The zero-order valence-corrected chi connectivity index (χ0v) is 13.6. The molecule has 11 heteroatoms. The molecule has 0 radical (unpaired) electrons. The molecule has 0 amide bonds. The molecule has 0 bridgehead atoms. The molecule has 21 heavy (non-hydrogen) atoms. The van der Waals surface area contributed by atoms with Crippen molar-refractivity contribution in [3.8, 4) is 0 Å². The van der Waals surface area contributed by atoms with E-state index >= 15 is 0 Å². The van der Waals surface area contributed by atoms with E-state index < -0.39 is 44.6 Å². The van der Waals surface area contributed by atoms with Gasteiger partial charge < -0.3 is 21.7 Å². The first-order valence-electron chi connectivity index (χ1n) is 5.85. The van der Waals surface area contributed by atoms with E-state index in [1.165, 1.54) is 12.5 Å². The summed E-state index contributed by atoms with van der Waals surface area (Å²) in [6.07, 6.45) is 3.16. The summed E-state index contributed by atoms with van der Waals surface area (Å²) in [5.74, 6) is -1.76. The molecular weight excluding hydrogens is 322 g/mol. The van der Waals surface area contributed by atoms with E-state index in [1.54, 1.807) is 0 Å². The summed E-state index contributed by atoms with van der Waals surface area (Å²) in [6, 6.07) is -1.87. The van der Waals surface area contributed by atoms with Crippen LogP contribution in [0.4, 0.5) is 0 Å². The summed E-state index contributed by atoms with van der Waals surface area (Å²) < 4.78 is 28.1. The average molecular weight is 345 g/mol. The van der Waals surface area contributed by atoms with Gasteiger partial charge in [0, 0.05) is 44.5 Å². The average Bonchev–Trinajstić information content (AvgIpc) is 2.32. The fourth-order valence-corrected chi connectivity index (χ4v) is 2.18. The van der Waals surface area contributed by atoms with Gasteiger partial charge in [-0.15, -0.1) is 0 Å². The molecule has 126 valence electrons. The second-order valence-electron chi connectivity index (χ2n) is 4.45.